The first-order valence-corrected chi connectivity index (χ1v) is 3.77. The molecule has 3 heteroatoms. The fourth-order valence-corrected chi connectivity index (χ4v) is 0.930. The fraction of sp³-hybridized carbons (Fsp3) is 0.375. The van der Waals surface area contributed by atoms with Crippen molar-refractivity contribution in [1.82, 2.24) is 0 Å². The summed E-state index contributed by atoms with van der Waals surface area (Å²) in [6.07, 6.45) is 0.584. The minimum absolute atomic E-state index is 0.486. The lowest BCUT2D eigenvalue weighted by Gasteiger charge is -2.06. The van der Waals surface area contributed by atoms with Crippen LogP contribution in [0.4, 0.5) is 0 Å². The molecule has 0 atom stereocenters. The maximum absolute atomic E-state index is 7.36. The van der Waals surface area contributed by atoms with E-state index < -0.39 is 0 Å². The number of hydrogen-bond donors (Lipinski definition) is 3. The highest BCUT2D eigenvalue weighted by Crippen LogP contribution is 2.14. The van der Waals surface area contributed by atoms with Crippen LogP contribution in [-0.4, -0.2) is 5.71 Å². The Morgan fingerprint density at radius 3 is 2.09 bits per heavy atom. The maximum atomic E-state index is 7.36. The fourth-order valence-electron chi connectivity index (χ4n) is 0.772. The van der Waals surface area contributed by atoms with E-state index in [2.05, 4.69) is 19.2 Å². The predicted octanol–water partition coefficient (Wildman–Crippen LogP) is 2.09. The first-order valence-electron chi connectivity index (χ1n) is 3.32. The summed E-state index contributed by atoms with van der Waals surface area (Å²) in [4.78, 5) is 0.733. The van der Waals surface area contributed by atoms with Crippen LogP contribution in [0.5, 0.6) is 0 Å². The van der Waals surface area contributed by atoms with Gasteiger partial charge in [-0.15, -0.1) is 12.6 Å². The van der Waals surface area contributed by atoms with Crippen LogP contribution in [0.2, 0.25) is 0 Å². The van der Waals surface area contributed by atoms with Crippen LogP contribution in [0.25, 0.3) is 0 Å². The van der Waals surface area contributed by atoms with Gasteiger partial charge in [-0.3, -0.25) is 0 Å². The summed E-state index contributed by atoms with van der Waals surface area (Å²) < 4.78 is 0. The summed E-state index contributed by atoms with van der Waals surface area (Å²) in [5, 5.41) is 7.36. The Morgan fingerprint density at radius 1 is 1.55 bits per heavy atom. The summed E-state index contributed by atoms with van der Waals surface area (Å²) >= 11 is 4.05. The summed E-state index contributed by atoms with van der Waals surface area (Å²) in [6, 6.07) is 0. The number of nitrogens with two attached hydrogens (primary N) is 1. The van der Waals surface area contributed by atoms with E-state index in [9.17, 15) is 0 Å². The molecule has 0 bridgehead atoms. The molecule has 0 fully saturated rings. The monoisotopic (exact) mass is 170 g/mol. The van der Waals surface area contributed by atoms with Crippen LogP contribution in [0.3, 0.4) is 0 Å². The minimum atomic E-state index is 0.486. The van der Waals surface area contributed by atoms with Crippen LogP contribution in [-0.2, 0) is 0 Å². The van der Waals surface area contributed by atoms with Gasteiger partial charge >= 0.3 is 0 Å². The second kappa shape index (κ2) is 4.23. The van der Waals surface area contributed by atoms with Gasteiger partial charge in [0.25, 0.3) is 0 Å². The predicted molar refractivity (Wildman–Crippen MR) is 53.0 cm³/mol. The summed E-state index contributed by atoms with van der Waals surface area (Å²) in [5.41, 5.74) is 7.53. The molecule has 0 unspecified atom stereocenters. The topological polar surface area (TPSA) is 49.9 Å². The Labute approximate surface area is 73.1 Å². The van der Waals surface area contributed by atoms with E-state index in [4.69, 9.17) is 11.1 Å². The van der Waals surface area contributed by atoms with E-state index in [0.717, 1.165) is 10.5 Å². The highest BCUT2D eigenvalue weighted by molar-refractivity contribution is 7.84. The zero-order valence-corrected chi connectivity index (χ0v) is 7.83. The molecular formula is C8H14N2S. The van der Waals surface area contributed by atoms with Gasteiger partial charge in [-0.2, -0.15) is 0 Å². The largest absolute Gasteiger partial charge is 0.402 e. The van der Waals surface area contributed by atoms with Crippen LogP contribution in [0.1, 0.15) is 20.3 Å². The highest BCUT2D eigenvalue weighted by Gasteiger charge is 2.02. The molecule has 0 aliphatic rings. The molecule has 0 aliphatic carbocycles. The van der Waals surface area contributed by atoms with Gasteiger partial charge in [0.2, 0.25) is 0 Å². The third-order valence-corrected chi connectivity index (χ3v) is 1.47. The molecule has 0 aromatic heterocycles. The van der Waals surface area contributed by atoms with Crippen LogP contribution < -0.4 is 5.73 Å². The van der Waals surface area contributed by atoms with Crippen molar-refractivity contribution in [3.05, 3.63) is 22.8 Å². The van der Waals surface area contributed by atoms with Gasteiger partial charge in [-0.1, -0.05) is 6.58 Å². The zero-order valence-electron chi connectivity index (χ0n) is 6.94. The van der Waals surface area contributed by atoms with E-state index in [1.54, 1.807) is 13.8 Å². The van der Waals surface area contributed by atoms with Gasteiger partial charge in [-0.25, -0.2) is 0 Å². The summed E-state index contributed by atoms with van der Waals surface area (Å²) in [5.74, 6) is 0. The molecule has 0 aliphatic heterocycles. The molecular weight excluding hydrogens is 156 g/mol. The van der Waals surface area contributed by atoms with Crippen LogP contribution in [0.15, 0.2) is 22.8 Å². The van der Waals surface area contributed by atoms with Gasteiger partial charge < -0.3 is 11.1 Å². The molecule has 0 heterocycles. The van der Waals surface area contributed by atoms with Crippen molar-refractivity contribution in [3.8, 4) is 0 Å². The van der Waals surface area contributed by atoms with Crippen molar-refractivity contribution in [2.24, 2.45) is 5.73 Å². The molecule has 0 radical (unpaired) electrons. The molecule has 62 valence electrons. The van der Waals surface area contributed by atoms with Crippen molar-refractivity contribution in [2.75, 3.05) is 0 Å². The van der Waals surface area contributed by atoms with Crippen LogP contribution >= 0.6 is 12.6 Å². The molecule has 0 aromatic carbocycles. The summed E-state index contributed by atoms with van der Waals surface area (Å²) in [7, 11) is 0. The number of thiol groups is 1. The van der Waals surface area contributed by atoms with Gasteiger partial charge in [0.15, 0.2) is 0 Å². The van der Waals surface area contributed by atoms with Crippen molar-refractivity contribution < 1.29 is 0 Å². The second-order valence-electron chi connectivity index (χ2n) is 2.53. The van der Waals surface area contributed by atoms with Gasteiger partial charge in [0.1, 0.15) is 0 Å². The minimum Gasteiger partial charge on any atom is -0.402 e. The van der Waals surface area contributed by atoms with E-state index in [1.807, 2.05) is 0 Å². The third kappa shape index (κ3) is 3.88. The smallest absolute Gasteiger partial charge is 0.0335 e. The molecule has 0 aromatic rings. The first-order chi connectivity index (χ1) is 4.95. The number of rotatable bonds is 3. The Bertz CT molecular complexity index is 212. The number of nitrogens with one attached hydrogen (secondary N) is 1. The van der Waals surface area contributed by atoms with Crippen molar-refractivity contribution in [3.63, 3.8) is 0 Å². The first kappa shape index (κ1) is 10.3. The van der Waals surface area contributed by atoms with E-state index in [-0.39, 0.29) is 0 Å². The molecule has 0 saturated heterocycles. The highest BCUT2D eigenvalue weighted by atomic mass is 32.1. The third-order valence-electron chi connectivity index (χ3n) is 1.31. The van der Waals surface area contributed by atoms with Crippen LogP contribution in [0, 0.1) is 5.41 Å². The maximum Gasteiger partial charge on any atom is 0.0335 e. The SMILES string of the molecule is C=C(S)C/C(C(C)=N)=C(\C)N. The standard InChI is InChI=1S/C8H14N2S/c1-5(11)4-8(6(2)9)7(3)10/h9,11H,1,4,10H2,2-3H3/b8-7-,9-6?. The lowest BCUT2D eigenvalue weighted by atomic mass is 10.1. The van der Waals surface area contributed by atoms with E-state index in [1.165, 1.54) is 0 Å². The quantitative estimate of drug-likeness (QED) is 0.441. The lowest BCUT2D eigenvalue weighted by Crippen LogP contribution is -2.05. The molecule has 0 amide bonds. The molecule has 0 spiro atoms. The Morgan fingerprint density at radius 2 is 2.00 bits per heavy atom. The number of allylic oxidation sites excluding steroid dienone is 3. The van der Waals surface area contributed by atoms with Crippen molar-refractivity contribution in [1.29, 1.82) is 5.41 Å². The molecule has 11 heavy (non-hydrogen) atoms. The lowest BCUT2D eigenvalue weighted by molar-refractivity contribution is 1.16. The van der Waals surface area contributed by atoms with Gasteiger partial charge in [-0.05, 0) is 24.3 Å². The molecule has 2 nitrogen and oxygen atoms in total. The Kier molecular flexibility index (Phi) is 3.97. The zero-order chi connectivity index (χ0) is 9.02. The molecule has 3 N–H and O–H groups in total. The average molecular weight is 170 g/mol. The van der Waals surface area contributed by atoms with Gasteiger partial charge in [0, 0.05) is 17.8 Å². The van der Waals surface area contributed by atoms with Gasteiger partial charge in [0.05, 0.1) is 0 Å². The summed E-state index contributed by atoms with van der Waals surface area (Å²) in [6.45, 7) is 7.13. The van der Waals surface area contributed by atoms with E-state index >= 15 is 0 Å². The number of hydrogen-bond acceptors (Lipinski definition) is 3. The normalized spacial score (nSPS) is 12.3. The Balaban J connectivity index is 4.52. The molecule has 0 saturated carbocycles. The second-order valence-corrected chi connectivity index (χ2v) is 3.16. The average Bonchev–Trinajstić information content (AvgIpc) is 1.81. The van der Waals surface area contributed by atoms with Crippen molar-refractivity contribution >= 4 is 18.3 Å². The molecule has 0 rings (SSSR count). The van der Waals surface area contributed by atoms with Crippen molar-refractivity contribution in [2.45, 2.75) is 20.3 Å². The van der Waals surface area contributed by atoms with E-state index in [0.29, 0.717) is 17.8 Å². The Hall–Kier alpha value is -0.700.